The van der Waals surface area contributed by atoms with E-state index < -0.39 is 0 Å². The van der Waals surface area contributed by atoms with Crippen LogP contribution >= 0.6 is 0 Å². The van der Waals surface area contributed by atoms with Crippen LogP contribution in [0.4, 0.5) is 0 Å². The maximum absolute atomic E-state index is 3.92. The topological polar surface area (TPSA) is 0 Å². The van der Waals surface area contributed by atoms with Gasteiger partial charge in [-0.15, -0.1) is 6.58 Å². The first-order chi connectivity index (χ1) is 11.8. The lowest BCUT2D eigenvalue weighted by Crippen LogP contribution is -2.31. The van der Waals surface area contributed by atoms with Gasteiger partial charge >= 0.3 is 0 Å². The molecule has 4 atom stereocenters. The van der Waals surface area contributed by atoms with Crippen LogP contribution in [0.5, 0.6) is 0 Å². The van der Waals surface area contributed by atoms with Crippen molar-refractivity contribution in [3.05, 3.63) is 12.7 Å². The summed E-state index contributed by atoms with van der Waals surface area (Å²) in [5.41, 5.74) is 0. The Balaban J connectivity index is 1.34. The van der Waals surface area contributed by atoms with E-state index in [2.05, 4.69) is 19.6 Å². The van der Waals surface area contributed by atoms with E-state index in [0.29, 0.717) is 0 Å². The average molecular weight is 331 g/mol. The van der Waals surface area contributed by atoms with Crippen molar-refractivity contribution in [3.8, 4) is 0 Å². The molecule has 0 aromatic heterocycles. The summed E-state index contributed by atoms with van der Waals surface area (Å²) in [4.78, 5) is 0. The zero-order valence-electron chi connectivity index (χ0n) is 16.4. The summed E-state index contributed by atoms with van der Waals surface area (Å²) >= 11 is 0. The van der Waals surface area contributed by atoms with Crippen molar-refractivity contribution in [3.63, 3.8) is 0 Å². The molecule has 4 unspecified atom stereocenters. The van der Waals surface area contributed by atoms with Gasteiger partial charge in [-0.3, -0.25) is 0 Å². The highest BCUT2D eigenvalue weighted by molar-refractivity contribution is 4.87. The zero-order chi connectivity index (χ0) is 16.8. The molecule has 0 nitrogen and oxygen atoms in total. The maximum atomic E-state index is 3.92. The molecule has 0 amide bonds. The van der Waals surface area contributed by atoms with Crippen molar-refractivity contribution in [2.75, 3.05) is 0 Å². The van der Waals surface area contributed by atoms with Crippen molar-refractivity contribution in [2.45, 2.75) is 103 Å². The predicted octanol–water partition coefficient (Wildman–Crippen LogP) is 7.78. The summed E-state index contributed by atoms with van der Waals surface area (Å²) in [5, 5.41) is 0. The first-order valence-electron chi connectivity index (χ1n) is 11.4. The lowest BCUT2D eigenvalue weighted by Gasteiger charge is -2.42. The first kappa shape index (κ1) is 18.5. The van der Waals surface area contributed by atoms with E-state index in [9.17, 15) is 0 Å². The van der Waals surface area contributed by atoms with Gasteiger partial charge in [0.2, 0.25) is 0 Å². The van der Waals surface area contributed by atoms with Gasteiger partial charge < -0.3 is 0 Å². The molecular weight excluding hydrogens is 288 g/mol. The Morgan fingerprint density at radius 1 is 0.667 bits per heavy atom. The lowest BCUT2D eigenvalue weighted by atomic mass is 9.63. The summed E-state index contributed by atoms with van der Waals surface area (Å²) in [5.74, 6) is 6.41. The first-order valence-corrected chi connectivity index (χ1v) is 11.4. The van der Waals surface area contributed by atoms with Crippen LogP contribution in [0.2, 0.25) is 0 Å². The maximum Gasteiger partial charge on any atom is -0.0325 e. The molecular formula is C24H42. The van der Waals surface area contributed by atoms with Crippen LogP contribution in [0.15, 0.2) is 12.7 Å². The number of allylic oxidation sites excluding steroid dienone is 1. The SMILES string of the molecule is C=CCC1CCC(CCC2CCC3CC(CCC)CCC3C2)CC1. The molecule has 0 aromatic carbocycles. The Morgan fingerprint density at radius 2 is 1.17 bits per heavy atom. The van der Waals surface area contributed by atoms with Crippen LogP contribution in [0.1, 0.15) is 103 Å². The third-order valence-corrected chi connectivity index (χ3v) is 7.98. The molecule has 0 N–H and O–H groups in total. The second kappa shape index (κ2) is 9.44. The lowest BCUT2D eigenvalue weighted by molar-refractivity contribution is 0.0881. The average Bonchev–Trinajstić information content (AvgIpc) is 2.61. The summed E-state index contributed by atoms with van der Waals surface area (Å²) in [6.45, 7) is 6.29. The second-order valence-electron chi connectivity index (χ2n) is 9.66. The highest BCUT2D eigenvalue weighted by Gasteiger charge is 2.35. The van der Waals surface area contributed by atoms with E-state index in [1.807, 2.05) is 0 Å². The van der Waals surface area contributed by atoms with Crippen LogP contribution in [-0.4, -0.2) is 0 Å². The van der Waals surface area contributed by atoms with Gasteiger partial charge in [0.25, 0.3) is 0 Å². The minimum absolute atomic E-state index is 0.965. The standard InChI is InChI=1S/C24H42/c1-3-5-19-7-9-20(10-8-19)11-12-22-14-16-23-17-21(6-4-2)13-15-24(23)18-22/h3,19-24H,1,4-18H2,2H3. The van der Waals surface area contributed by atoms with Crippen molar-refractivity contribution >= 4 is 0 Å². The van der Waals surface area contributed by atoms with Crippen molar-refractivity contribution < 1.29 is 0 Å². The van der Waals surface area contributed by atoms with Crippen molar-refractivity contribution in [2.24, 2.45) is 35.5 Å². The summed E-state index contributed by atoms with van der Waals surface area (Å²) in [6, 6.07) is 0. The van der Waals surface area contributed by atoms with Crippen LogP contribution in [0.3, 0.4) is 0 Å². The Bertz CT molecular complexity index is 362. The number of hydrogen-bond donors (Lipinski definition) is 0. The second-order valence-corrected chi connectivity index (χ2v) is 9.66. The molecule has 24 heavy (non-hydrogen) atoms. The van der Waals surface area contributed by atoms with Gasteiger partial charge in [-0.1, -0.05) is 64.4 Å². The van der Waals surface area contributed by atoms with Gasteiger partial charge in [-0.05, 0) is 80.5 Å². The van der Waals surface area contributed by atoms with E-state index in [-0.39, 0.29) is 0 Å². The normalized spacial score (nSPS) is 40.0. The summed E-state index contributed by atoms with van der Waals surface area (Å²) < 4.78 is 0. The molecule has 3 aliphatic rings. The van der Waals surface area contributed by atoms with Gasteiger partial charge in [0, 0.05) is 0 Å². The van der Waals surface area contributed by atoms with Gasteiger partial charge in [-0.25, -0.2) is 0 Å². The minimum atomic E-state index is 0.965. The van der Waals surface area contributed by atoms with Crippen LogP contribution in [0, 0.1) is 35.5 Å². The summed E-state index contributed by atoms with van der Waals surface area (Å²) in [7, 11) is 0. The third-order valence-electron chi connectivity index (χ3n) is 7.98. The van der Waals surface area contributed by atoms with E-state index in [4.69, 9.17) is 0 Å². The Kier molecular flexibility index (Phi) is 7.29. The fourth-order valence-corrected chi connectivity index (χ4v) is 6.48. The summed E-state index contributed by atoms with van der Waals surface area (Å²) in [6.07, 6.45) is 24.8. The highest BCUT2D eigenvalue weighted by atomic mass is 14.4. The molecule has 0 aromatic rings. The molecule has 3 saturated carbocycles. The van der Waals surface area contributed by atoms with Crippen LogP contribution in [-0.2, 0) is 0 Å². The number of rotatable bonds is 7. The third kappa shape index (κ3) is 5.12. The van der Waals surface area contributed by atoms with E-state index in [1.165, 1.54) is 44.9 Å². The molecule has 0 saturated heterocycles. The van der Waals surface area contributed by atoms with E-state index >= 15 is 0 Å². The molecule has 0 radical (unpaired) electrons. The molecule has 3 fully saturated rings. The van der Waals surface area contributed by atoms with Gasteiger partial charge in [0.1, 0.15) is 0 Å². The number of hydrogen-bond acceptors (Lipinski definition) is 0. The zero-order valence-corrected chi connectivity index (χ0v) is 16.4. The Morgan fingerprint density at radius 3 is 1.75 bits per heavy atom. The molecule has 138 valence electrons. The van der Waals surface area contributed by atoms with Crippen LogP contribution in [0.25, 0.3) is 0 Å². The largest absolute Gasteiger partial charge is 0.103 e. The molecule has 0 heteroatoms. The van der Waals surface area contributed by atoms with E-state index in [0.717, 1.165) is 35.5 Å². The molecule has 0 spiro atoms. The Labute approximate surface area is 151 Å². The smallest absolute Gasteiger partial charge is 0.0325 e. The molecule has 0 heterocycles. The van der Waals surface area contributed by atoms with Crippen molar-refractivity contribution in [1.82, 2.24) is 0 Å². The monoisotopic (exact) mass is 330 g/mol. The molecule has 3 aliphatic carbocycles. The molecule has 0 aliphatic heterocycles. The number of fused-ring (bicyclic) bond motifs is 1. The van der Waals surface area contributed by atoms with Gasteiger partial charge in [-0.2, -0.15) is 0 Å². The fraction of sp³-hybridized carbons (Fsp3) is 0.917. The van der Waals surface area contributed by atoms with Crippen molar-refractivity contribution in [1.29, 1.82) is 0 Å². The fourth-order valence-electron chi connectivity index (χ4n) is 6.48. The quantitative estimate of drug-likeness (QED) is 0.418. The molecule has 0 bridgehead atoms. The van der Waals surface area contributed by atoms with Crippen LogP contribution < -0.4 is 0 Å². The minimum Gasteiger partial charge on any atom is -0.103 e. The predicted molar refractivity (Wildman–Crippen MR) is 106 cm³/mol. The van der Waals surface area contributed by atoms with Gasteiger partial charge in [0.05, 0.1) is 0 Å². The van der Waals surface area contributed by atoms with Gasteiger partial charge in [0.15, 0.2) is 0 Å². The highest BCUT2D eigenvalue weighted by Crippen LogP contribution is 2.47. The molecule has 3 rings (SSSR count). The van der Waals surface area contributed by atoms with E-state index in [1.54, 1.807) is 51.4 Å². The Hall–Kier alpha value is -0.260.